The molecule has 210 valence electrons. The number of para-hydroxylation sites is 2. The first-order chi connectivity index (χ1) is 22.3. The molecule has 0 N–H and O–H groups in total. The van der Waals surface area contributed by atoms with Crippen LogP contribution in [-0.2, 0) is 0 Å². The van der Waals surface area contributed by atoms with Crippen molar-refractivity contribution in [2.24, 2.45) is 0 Å². The van der Waals surface area contributed by atoms with Crippen LogP contribution >= 0.6 is 22.7 Å². The molecule has 0 aliphatic rings. The van der Waals surface area contributed by atoms with E-state index < -0.39 is 0 Å². The molecule has 0 unspecified atom stereocenters. The molecular weight excluding hydrogens is 583 g/mol. The Morgan fingerprint density at radius 3 is 2.02 bits per heavy atom. The van der Waals surface area contributed by atoms with Crippen molar-refractivity contribution in [2.45, 2.75) is 0 Å². The summed E-state index contributed by atoms with van der Waals surface area (Å²) in [5.41, 5.74) is 8.78. The SMILES string of the molecule is c1ccc(-n2c3ccccc3c3sc4c(-c5cccc(-c6ccc7c(c6)sc6cc8ccccc8cc67)c5)cccc4c32)cc1. The van der Waals surface area contributed by atoms with Crippen LogP contribution in [0.4, 0.5) is 0 Å². The zero-order valence-electron chi connectivity index (χ0n) is 24.2. The van der Waals surface area contributed by atoms with E-state index in [1.165, 1.54) is 90.1 Å². The van der Waals surface area contributed by atoms with Crippen molar-refractivity contribution in [2.75, 3.05) is 0 Å². The fourth-order valence-corrected chi connectivity index (χ4v) is 9.60. The Hall–Kier alpha value is -5.22. The molecule has 0 aliphatic heterocycles. The minimum Gasteiger partial charge on any atom is -0.308 e. The molecule has 10 aromatic rings. The summed E-state index contributed by atoms with van der Waals surface area (Å²) in [7, 11) is 0. The third kappa shape index (κ3) is 3.78. The summed E-state index contributed by atoms with van der Waals surface area (Å²) in [5.74, 6) is 0. The molecule has 0 spiro atoms. The number of thiophene rings is 2. The maximum absolute atomic E-state index is 2.44. The number of nitrogens with zero attached hydrogens (tertiary/aromatic N) is 1. The lowest BCUT2D eigenvalue weighted by Gasteiger charge is -2.10. The van der Waals surface area contributed by atoms with E-state index in [1.807, 2.05) is 22.7 Å². The largest absolute Gasteiger partial charge is 0.308 e. The third-order valence-corrected chi connectivity index (χ3v) is 11.5. The minimum absolute atomic E-state index is 1.19. The van der Waals surface area contributed by atoms with Gasteiger partial charge in [0.05, 0.1) is 15.7 Å². The molecule has 3 aromatic heterocycles. The van der Waals surface area contributed by atoms with Crippen LogP contribution in [0, 0.1) is 0 Å². The van der Waals surface area contributed by atoms with Crippen LogP contribution in [-0.4, -0.2) is 4.57 Å². The predicted molar refractivity (Wildman–Crippen MR) is 197 cm³/mol. The van der Waals surface area contributed by atoms with Crippen molar-refractivity contribution in [1.29, 1.82) is 0 Å². The van der Waals surface area contributed by atoms with Crippen molar-refractivity contribution in [3.63, 3.8) is 0 Å². The lowest BCUT2D eigenvalue weighted by molar-refractivity contribution is 1.19. The zero-order valence-corrected chi connectivity index (χ0v) is 25.8. The lowest BCUT2D eigenvalue weighted by atomic mass is 9.97. The smallest absolute Gasteiger partial charge is 0.0727 e. The first kappa shape index (κ1) is 25.1. The van der Waals surface area contributed by atoms with E-state index in [9.17, 15) is 0 Å². The molecule has 0 bridgehead atoms. The molecule has 0 amide bonds. The van der Waals surface area contributed by atoms with Gasteiger partial charge in [0.25, 0.3) is 0 Å². The fourth-order valence-electron chi connectivity index (χ4n) is 7.07. The van der Waals surface area contributed by atoms with Crippen molar-refractivity contribution in [3.05, 3.63) is 152 Å². The molecule has 0 atom stereocenters. The highest BCUT2D eigenvalue weighted by Gasteiger charge is 2.19. The van der Waals surface area contributed by atoms with Gasteiger partial charge in [-0.3, -0.25) is 0 Å². The van der Waals surface area contributed by atoms with E-state index in [0.29, 0.717) is 0 Å². The Morgan fingerprint density at radius 1 is 0.400 bits per heavy atom. The van der Waals surface area contributed by atoms with Crippen molar-refractivity contribution >= 4 is 84.8 Å². The fraction of sp³-hybridized carbons (Fsp3) is 0. The van der Waals surface area contributed by atoms with Gasteiger partial charge in [-0.25, -0.2) is 0 Å². The first-order valence-electron chi connectivity index (χ1n) is 15.3. The number of fused-ring (bicyclic) bond motifs is 9. The second-order valence-corrected chi connectivity index (χ2v) is 13.8. The molecule has 45 heavy (non-hydrogen) atoms. The number of benzene rings is 7. The van der Waals surface area contributed by atoms with Gasteiger partial charge in [-0.1, -0.05) is 109 Å². The standard InChI is InChI=1S/C42H25NS2/c1-2-14-31(15-3-1)43-37-19-7-6-16-34(37)42-40(43)35-18-9-17-32(41(35)45-42)30-13-8-12-26(22-30)29-20-21-33-36-23-27-10-4-5-11-28(27)24-39(36)44-38(33)25-29/h1-25H. The summed E-state index contributed by atoms with van der Waals surface area (Å²) in [5, 5.41) is 7.89. The molecule has 0 saturated carbocycles. The molecule has 0 fully saturated rings. The second-order valence-electron chi connectivity index (χ2n) is 11.7. The minimum atomic E-state index is 1.19. The molecule has 7 aromatic carbocycles. The number of hydrogen-bond donors (Lipinski definition) is 0. The third-order valence-electron chi connectivity index (χ3n) is 9.16. The van der Waals surface area contributed by atoms with Crippen LogP contribution in [0.2, 0.25) is 0 Å². The van der Waals surface area contributed by atoms with Crippen molar-refractivity contribution in [3.8, 4) is 27.9 Å². The Balaban J connectivity index is 1.14. The van der Waals surface area contributed by atoms with E-state index in [2.05, 4.69) is 156 Å². The maximum atomic E-state index is 2.44. The average Bonchev–Trinajstić information content (AvgIpc) is 3.76. The van der Waals surface area contributed by atoms with Crippen LogP contribution in [0.15, 0.2) is 152 Å². The Labute approximate surface area is 267 Å². The average molecular weight is 608 g/mol. The van der Waals surface area contributed by atoms with Gasteiger partial charge in [-0.15, -0.1) is 22.7 Å². The van der Waals surface area contributed by atoms with Gasteiger partial charge in [0, 0.05) is 41.3 Å². The summed E-state index contributed by atoms with van der Waals surface area (Å²) in [6, 6.07) is 55.7. The van der Waals surface area contributed by atoms with Crippen LogP contribution in [0.1, 0.15) is 0 Å². The lowest BCUT2D eigenvalue weighted by Crippen LogP contribution is -1.92. The number of hydrogen-bond acceptors (Lipinski definition) is 2. The van der Waals surface area contributed by atoms with Gasteiger partial charge in [0.2, 0.25) is 0 Å². The quantitative estimate of drug-likeness (QED) is 0.188. The highest BCUT2D eigenvalue weighted by atomic mass is 32.1. The van der Waals surface area contributed by atoms with Gasteiger partial charge in [0.1, 0.15) is 0 Å². The van der Waals surface area contributed by atoms with E-state index in [0.717, 1.165) is 0 Å². The molecule has 3 heteroatoms. The normalized spacial score (nSPS) is 12.0. The van der Waals surface area contributed by atoms with E-state index >= 15 is 0 Å². The first-order valence-corrected chi connectivity index (χ1v) is 16.9. The summed E-state index contributed by atoms with van der Waals surface area (Å²) < 4.78 is 7.79. The van der Waals surface area contributed by atoms with Crippen LogP contribution < -0.4 is 0 Å². The summed E-state index contributed by atoms with van der Waals surface area (Å²) in [6.45, 7) is 0. The molecule has 3 heterocycles. The van der Waals surface area contributed by atoms with Gasteiger partial charge in [-0.05, 0) is 75.5 Å². The van der Waals surface area contributed by atoms with Crippen molar-refractivity contribution in [1.82, 2.24) is 4.57 Å². The monoisotopic (exact) mass is 607 g/mol. The summed E-state index contributed by atoms with van der Waals surface area (Å²) in [4.78, 5) is 0. The molecule has 0 saturated heterocycles. The maximum Gasteiger partial charge on any atom is 0.0727 e. The topological polar surface area (TPSA) is 4.93 Å². The molecule has 1 nitrogen and oxygen atoms in total. The Bertz CT molecular complexity index is 2760. The summed E-state index contributed by atoms with van der Waals surface area (Å²) in [6.07, 6.45) is 0. The van der Waals surface area contributed by atoms with Crippen molar-refractivity contribution < 1.29 is 0 Å². The summed E-state index contributed by atoms with van der Waals surface area (Å²) >= 11 is 3.81. The number of rotatable bonds is 3. The van der Waals surface area contributed by atoms with Gasteiger partial charge >= 0.3 is 0 Å². The molecule has 0 aliphatic carbocycles. The van der Waals surface area contributed by atoms with Crippen LogP contribution in [0.25, 0.3) is 90.1 Å². The second kappa shape index (κ2) is 9.64. The molecular formula is C42H25NS2. The van der Waals surface area contributed by atoms with Gasteiger partial charge in [-0.2, -0.15) is 0 Å². The zero-order chi connectivity index (χ0) is 29.5. The predicted octanol–water partition coefficient (Wildman–Crippen LogP) is 12.9. The Kier molecular flexibility index (Phi) is 5.39. The van der Waals surface area contributed by atoms with Crippen LogP contribution in [0.5, 0.6) is 0 Å². The van der Waals surface area contributed by atoms with E-state index in [1.54, 1.807) is 0 Å². The highest BCUT2D eigenvalue weighted by Crippen LogP contribution is 2.46. The van der Waals surface area contributed by atoms with Gasteiger partial charge in [0.15, 0.2) is 0 Å². The van der Waals surface area contributed by atoms with E-state index in [-0.39, 0.29) is 0 Å². The number of aromatic nitrogens is 1. The highest BCUT2D eigenvalue weighted by molar-refractivity contribution is 7.27. The van der Waals surface area contributed by atoms with Gasteiger partial charge < -0.3 is 4.57 Å². The molecule has 0 radical (unpaired) electrons. The van der Waals surface area contributed by atoms with Crippen LogP contribution in [0.3, 0.4) is 0 Å². The molecule has 10 rings (SSSR count). The Morgan fingerprint density at radius 2 is 1.11 bits per heavy atom. The van der Waals surface area contributed by atoms with E-state index in [4.69, 9.17) is 0 Å².